The lowest BCUT2D eigenvalue weighted by atomic mass is 9.72. The van der Waals surface area contributed by atoms with E-state index in [1.807, 2.05) is 17.9 Å². The zero-order valence-electron chi connectivity index (χ0n) is 13.4. The summed E-state index contributed by atoms with van der Waals surface area (Å²) in [7, 11) is 0. The molecule has 0 aliphatic carbocycles. The molecule has 0 aromatic heterocycles. The first-order valence-electron chi connectivity index (χ1n) is 8.49. The van der Waals surface area contributed by atoms with E-state index in [4.69, 9.17) is 4.74 Å². The van der Waals surface area contributed by atoms with Gasteiger partial charge >= 0.3 is 6.09 Å². The Morgan fingerprint density at radius 3 is 2.95 bits per heavy atom. The van der Waals surface area contributed by atoms with Crippen LogP contribution in [0.25, 0.3) is 0 Å². The molecule has 0 aromatic rings. The molecule has 5 nitrogen and oxygen atoms in total. The van der Waals surface area contributed by atoms with Crippen molar-refractivity contribution in [2.45, 2.75) is 51.1 Å². The van der Waals surface area contributed by atoms with Crippen molar-refractivity contribution >= 4 is 12.0 Å². The van der Waals surface area contributed by atoms with E-state index in [-0.39, 0.29) is 12.1 Å². The van der Waals surface area contributed by atoms with Crippen molar-refractivity contribution in [2.75, 3.05) is 19.7 Å². The van der Waals surface area contributed by atoms with Crippen LogP contribution in [-0.4, -0.2) is 53.6 Å². The number of amides is 2. The molecular weight excluding hydrogens is 280 g/mol. The van der Waals surface area contributed by atoms with Gasteiger partial charge in [-0.05, 0) is 44.4 Å². The summed E-state index contributed by atoms with van der Waals surface area (Å²) >= 11 is 0. The molecule has 3 aliphatic heterocycles. The Morgan fingerprint density at radius 1 is 1.41 bits per heavy atom. The van der Waals surface area contributed by atoms with Crippen molar-refractivity contribution in [3.05, 3.63) is 12.7 Å². The van der Waals surface area contributed by atoms with Crippen molar-refractivity contribution in [1.82, 2.24) is 9.80 Å². The molecule has 2 amide bonds. The minimum atomic E-state index is -0.209. The van der Waals surface area contributed by atoms with E-state index in [1.165, 1.54) is 0 Å². The number of nitrogens with zero attached hydrogens (tertiary/aromatic N) is 2. The van der Waals surface area contributed by atoms with E-state index in [9.17, 15) is 9.59 Å². The average molecular weight is 306 g/mol. The molecule has 3 rings (SSSR count). The first-order valence-corrected chi connectivity index (χ1v) is 8.49. The molecule has 0 saturated carbocycles. The van der Waals surface area contributed by atoms with Crippen molar-refractivity contribution < 1.29 is 14.3 Å². The van der Waals surface area contributed by atoms with Gasteiger partial charge in [0.05, 0.1) is 6.61 Å². The maximum absolute atomic E-state index is 12.3. The number of hydrogen-bond acceptors (Lipinski definition) is 3. The van der Waals surface area contributed by atoms with E-state index in [0.29, 0.717) is 43.4 Å². The first-order chi connectivity index (χ1) is 10.7. The number of rotatable bonds is 3. The number of carbonyl (C=O) groups excluding carboxylic acids is 2. The van der Waals surface area contributed by atoms with Gasteiger partial charge in [-0.3, -0.25) is 4.79 Å². The molecule has 3 aliphatic rings. The summed E-state index contributed by atoms with van der Waals surface area (Å²) in [4.78, 5) is 28.6. The summed E-state index contributed by atoms with van der Waals surface area (Å²) in [5.41, 5.74) is 0. The van der Waals surface area contributed by atoms with Gasteiger partial charge in [0.25, 0.3) is 0 Å². The summed E-state index contributed by atoms with van der Waals surface area (Å²) in [6.45, 7) is 7.58. The van der Waals surface area contributed by atoms with Crippen LogP contribution in [0.15, 0.2) is 12.7 Å². The van der Waals surface area contributed by atoms with Crippen LogP contribution in [0.5, 0.6) is 0 Å². The lowest BCUT2D eigenvalue weighted by Gasteiger charge is -2.55. The van der Waals surface area contributed by atoms with Crippen molar-refractivity contribution in [3.8, 4) is 0 Å². The monoisotopic (exact) mass is 306 g/mol. The minimum Gasteiger partial charge on any atom is -0.450 e. The zero-order valence-corrected chi connectivity index (χ0v) is 13.4. The SMILES string of the molecule is C=CC[C@H]1[C@H]2C[C@@H](CN1C(=O)OCC)[C@H]1CCCC(=O)N1C2. The Kier molecular flexibility index (Phi) is 4.41. The number of ether oxygens (including phenoxy) is 1. The Balaban J connectivity index is 1.82. The zero-order chi connectivity index (χ0) is 15.7. The predicted octanol–water partition coefficient (Wildman–Crippen LogP) is 2.42. The van der Waals surface area contributed by atoms with Gasteiger partial charge in [0.15, 0.2) is 0 Å². The highest BCUT2D eigenvalue weighted by molar-refractivity contribution is 5.77. The Bertz CT molecular complexity index is 465. The average Bonchev–Trinajstić information content (AvgIpc) is 2.51. The van der Waals surface area contributed by atoms with E-state index in [2.05, 4.69) is 11.5 Å². The number of likely N-dealkylation sites (tertiary alicyclic amines) is 1. The van der Waals surface area contributed by atoms with Gasteiger partial charge in [-0.15, -0.1) is 6.58 Å². The second-order valence-electron chi connectivity index (χ2n) is 6.70. The van der Waals surface area contributed by atoms with Crippen LogP contribution in [0.3, 0.4) is 0 Å². The van der Waals surface area contributed by atoms with Gasteiger partial charge in [-0.2, -0.15) is 0 Å². The predicted molar refractivity (Wildman–Crippen MR) is 83.3 cm³/mol. The molecule has 0 spiro atoms. The molecule has 5 heteroatoms. The summed E-state index contributed by atoms with van der Waals surface area (Å²) in [5, 5.41) is 0. The third-order valence-electron chi connectivity index (χ3n) is 5.48. The van der Waals surface area contributed by atoms with Gasteiger partial charge in [0, 0.05) is 31.6 Å². The van der Waals surface area contributed by atoms with Crippen LogP contribution in [0, 0.1) is 11.8 Å². The first kappa shape index (κ1) is 15.4. The van der Waals surface area contributed by atoms with Gasteiger partial charge in [-0.1, -0.05) is 6.08 Å². The molecule has 3 fully saturated rings. The lowest BCUT2D eigenvalue weighted by molar-refractivity contribution is -0.146. The molecule has 4 atom stereocenters. The summed E-state index contributed by atoms with van der Waals surface area (Å²) < 4.78 is 5.25. The summed E-state index contributed by atoms with van der Waals surface area (Å²) in [6, 6.07) is 0.433. The van der Waals surface area contributed by atoms with E-state index >= 15 is 0 Å². The van der Waals surface area contributed by atoms with Crippen LogP contribution >= 0.6 is 0 Å². The second kappa shape index (κ2) is 6.31. The smallest absolute Gasteiger partial charge is 0.410 e. The van der Waals surface area contributed by atoms with Crippen LogP contribution < -0.4 is 0 Å². The van der Waals surface area contributed by atoms with Crippen molar-refractivity contribution in [2.24, 2.45) is 11.8 Å². The summed E-state index contributed by atoms with van der Waals surface area (Å²) in [6.07, 6.45) is 6.29. The van der Waals surface area contributed by atoms with Gasteiger partial charge in [0.1, 0.15) is 0 Å². The van der Waals surface area contributed by atoms with E-state index < -0.39 is 0 Å². The molecule has 0 radical (unpaired) electrons. The number of hydrogen-bond donors (Lipinski definition) is 0. The lowest BCUT2D eigenvalue weighted by Crippen LogP contribution is -2.64. The quantitative estimate of drug-likeness (QED) is 0.752. The van der Waals surface area contributed by atoms with E-state index in [0.717, 1.165) is 32.2 Å². The normalized spacial score (nSPS) is 34.1. The Morgan fingerprint density at radius 2 is 2.23 bits per heavy atom. The largest absolute Gasteiger partial charge is 0.450 e. The van der Waals surface area contributed by atoms with Crippen molar-refractivity contribution in [3.63, 3.8) is 0 Å². The Labute approximate surface area is 132 Å². The van der Waals surface area contributed by atoms with Gasteiger partial charge < -0.3 is 14.5 Å². The van der Waals surface area contributed by atoms with Gasteiger partial charge in [-0.25, -0.2) is 4.79 Å². The van der Waals surface area contributed by atoms with Crippen LogP contribution in [0.1, 0.15) is 39.0 Å². The summed E-state index contributed by atoms with van der Waals surface area (Å²) in [5.74, 6) is 1.04. The maximum Gasteiger partial charge on any atom is 0.410 e. The molecule has 122 valence electrons. The fourth-order valence-electron chi connectivity index (χ4n) is 4.57. The molecule has 22 heavy (non-hydrogen) atoms. The Hall–Kier alpha value is -1.52. The second-order valence-corrected chi connectivity index (χ2v) is 6.70. The molecular formula is C17H26N2O3. The minimum absolute atomic E-state index is 0.114. The van der Waals surface area contributed by atoms with Crippen LogP contribution in [-0.2, 0) is 9.53 Å². The molecule has 3 heterocycles. The highest BCUT2D eigenvalue weighted by atomic mass is 16.6. The number of carbonyl (C=O) groups is 2. The van der Waals surface area contributed by atoms with Crippen LogP contribution in [0.4, 0.5) is 4.79 Å². The molecule has 2 bridgehead atoms. The number of piperidine rings is 3. The molecule has 3 saturated heterocycles. The molecule has 0 unspecified atom stereocenters. The maximum atomic E-state index is 12.3. The van der Waals surface area contributed by atoms with Crippen molar-refractivity contribution in [1.29, 1.82) is 0 Å². The fraction of sp³-hybridized carbons (Fsp3) is 0.765. The topological polar surface area (TPSA) is 49.9 Å². The fourth-order valence-corrected chi connectivity index (χ4v) is 4.57. The highest BCUT2D eigenvalue weighted by Crippen LogP contribution is 2.41. The standard InChI is InChI=1S/C17H26N2O3/c1-3-6-14-12-9-13(11-19(14)17(21)22-4-2)15-7-5-8-16(20)18(15)10-12/h3,12-15H,1,4-11H2,2H3/t12-,13-,14-,15+/m0/s1. The number of fused-ring (bicyclic) bond motifs is 4. The van der Waals surface area contributed by atoms with E-state index in [1.54, 1.807) is 0 Å². The molecule has 0 aromatic carbocycles. The van der Waals surface area contributed by atoms with Gasteiger partial charge in [0.2, 0.25) is 5.91 Å². The molecule has 0 N–H and O–H groups in total. The third-order valence-corrected chi connectivity index (χ3v) is 5.48. The van der Waals surface area contributed by atoms with Crippen LogP contribution in [0.2, 0.25) is 0 Å². The highest BCUT2D eigenvalue weighted by Gasteiger charge is 2.48. The third kappa shape index (κ3) is 2.61.